The van der Waals surface area contributed by atoms with Gasteiger partial charge in [-0.3, -0.25) is 0 Å². The highest BCUT2D eigenvalue weighted by atomic mass is 16.3. The van der Waals surface area contributed by atoms with E-state index < -0.39 is 0 Å². The number of benzene rings is 3. The first-order chi connectivity index (χ1) is 15.7. The normalized spacial score (nSPS) is 10.2. The molecule has 5 rings (SSSR count). The third-order valence-electron chi connectivity index (χ3n) is 4.88. The number of rotatable bonds is 0. The number of hydrogen-bond donors (Lipinski definition) is 3. The minimum Gasteiger partial charge on any atom is -0.508 e. The predicted molar refractivity (Wildman–Crippen MR) is 134 cm³/mol. The van der Waals surface area contributed by atoms with Crippen molar-refractivity contribution >= 4 is 21.8 Å². The van der Waals surface area contributed by atoms with Crippen LogP contribution in [0.2, 0.25) is 0 Å². The number of para-hydroxylation sites is 2. The summed E-state index contributed by atoms with van der Waals surface area (Å²) >= 11 is 0. The van der Waals surface area contributed by atoms with Gasteiger partial charge in [-0.2, -0.15) is 0 Å². The Labute approximate surface area is 193 Å². The fourth-order valence-electron chi connectivity index (χ4n) is 3.41. The molecule has 0 spiro atoms. The molecule has 0 aliphatic carbocycles. The van der Waals surface area contributed by atoms with Gasteiger partial charge in [0.15, 0.2) is 0 Å². The fraction of sp³-hybridized carbons (Fsp3) is 0.143. The highest BCUT2D eigenvalue weighted by Gasteiger charge is 2.00. The lowest BCUT2D eigenvalue weighted by atomic mass is 10.1. The maximum absolute atomic E-state index is 9.43. The minimum atomic E-state index is 0.246. The lowest BCUT2D eigenvalue weighted by molar-refractivity contribution is 0.474. The molecule has 0 radical (unpaired) electrons. The summed E-state index contributed by atoms with van der Waals surface area (Å²) in [6, 6.07) is 24.1. The third kappa shape index (κ3) is 6.43. The van der Waals surface area contributed by atoms with E-state index in [0.29, 0.717) is 16.8 Å². The standard InChI is InChI=1S/2C10H9NO.C8H10O/c2*1-7-5-6-8-3-2-4-9(12)10(8)11-7;1-6-3-7(2)5-8(9)4-6/h2*2-6,12H,1H3;3-5,9H,1-2H3. The second-order valence-electron chi connectivity index (χ2n) is 7.95. The lowest BCUT2D eigenvalue weighted by Gasteiger charge is -1.99. The van der Waals surface area contributed by atoms with Crippen molar-refractivity contribution in [3.8, 4) is 17.2 Å². The van der Waals surface area contributed by atoms with Gasteiger partial charge >= 0.3 is 0 Å². The summed E-state index contributed by atoms with van der Waals surface area (Å²) in [7, 11) is 0. The Hall–Kier alpha value is -4.12. The molecule has 0 aliphatic rings. The van der Waals surface area contributed by atoms with Crippen LogP contribution in [-0.4, -0.2) is 25.3 Å². The van der Waals surface area contributed by atoms with E-state index in [-0.39, 0.29) is 11.5 Å². The SMILES string of the molecule is Cc1cc(C)cc(O)c1.Cc1ccc2cccc(O)c2n1.Cc1ccc2cccc(O)c2n1. The van der Waals surface area contributed by atoms with Crippen molar-refractivity contribution in [3.63, 3.8) is 0 Å². The summed E-state index contributed by atoms with van der Waals surface area (Å²) in [5.74, 6) is 0.847. The van der Waals surface area contributed by atoms with Crippen LogP contribution in [0, 0.1) is 27.7 Å². The van der Waals surface area contributed by atoms with Crippen LogP contribution in [0.4, 0.5) is 0 Å². The fourth-order valence-corrected chi connectivity index (χ4v) is 3.41. The Morgan fingerprint density at radius 2 is 0.939 bits per heavy atom. The number of phenolic OH excluding ortho intramolecular Hbond substituents is 3. The van der Waals surface area contributed by atoms with Crippen LogP contribution in [0.3, 0.4) is 0 Å². The third-order valence-corrected chi connectivity index (χ3v) is 4.88. The summed E-state index contributed by atoms with van der Waals surface area (Å²) in [6.45, 7) is 7.75. The van der Waals surface area contributed by atoms with Gasteiger partial charge in [0.25, 0.3) is 0 Å². The molecular formula is C28H28N2O3. The molecule has 0 unspecified atom stereocenters. The molecule has 33 heavy (non-hydrogen) atoms. The molecule has 0 saturated heterocycles. The summed E-state index contributed by atoms with van der Waals surface area (Å²) in [5, 5.41) is 29.8. The predicted octanol–water partition coefficient (Wildman–Crippen LogP) is 6.51. The molecule has 5 heteroatoms. The van der Waals surface area contributed by atoms with Gasteiger partial charge in [0, 0.05) is 22.2 Å². The zero-order chi connectivity index (χ0) is 24.0. The van der Waals surface area contributed by atoms with Crippen molar-refractivity contribution in [2.45, 2.75) is 27.7 Å². The van der Waals surface area contributed by atoms with E-state index in [0.717, 1.165) is 33.3 Å². The summed E-state index contributed by atoms with van der Waals surface area (Å²) < 4.78 is 0. The smallest absolute Gasteiger partial charge is 0.141 e. The largest absolute Gasteiger partial charge is 0.508 e. The number of nitrogens with zero attached hydrogens (tertiary/aromatic N) is 2. The van der Waals surface area contributed by atoms with Crippen LogP contribution in [0.15, 0.2) is 78.9 Å². The van der Waals surface area contributed by atoms with Crippen molar-refractivity contribution in [1.82, 2.24) is 9.97 Å². The molecule has 0 amide bonds. The zero-order valence-corrected chi connectivity index (χ0v) is 19.2. The topological polar surface area (TPSA) is 86.5 Å². The number of aromatic hydroxyl groups is 3. The molecule has 0 atom stereocenters. The molecule has 5 nitrogen and oxygen atoms in total. The summed E-state index contributed by atoms with van der Waals surface area (Å²) in [5.41, 5.74) is 5.41. The van der Waals surface area contributed by atoms with Crippen LogP contribution in [0.5, 0.6) is 17.2 Å². The van der Waals surface area contributed by atoms with E-state index in [1.54, 1.807) is 24.3 Å². The van der Waals surface area contributed by atoms with Gasteiger partial charge in [0.1, 0.15) is 28.3 Å². The Morgan fingerprint density at radius 1 is 0.515 bits per heavy atom. The number of hydrogen-bond acceptors (Lipinski definition) is 5. The first-order valence-corrected chi connectivity index (χ1v) is 10.6. The van der Waals surface area contributed by atoms with E-state index in [9.17, 15) is 10.2 Å². The van der Waals surface area contributed by atoms with Crippen LogP contribution >= 0.6 is 0 Å². The molecule has 3 aromatic carbocycles. The first kappa shape index (κ1) is 23.5. The van der Waals surface area contributed by atoms with Gasteiger partial charge in [0.2, 0.25) is 0 Å². The van der Waals surface area contributed by atoms with Gasteiger partial charge in [-0.05, 0) is 75.2 Å². The molecule has 3 N–H and O–H groups in total. The Balaban J connectivity index is 0.000000141. The Kier molecular flexibility index (Phi) is 7.46. The maximum Gasteiger partial charge on any atom is 0.141 e. The number of phenols is 3. The van der Waals surface area contributed by atoms with Crippen molar-refractivity contribution in [1.29, 1.82) is 0 Å². The van der Waals surface area contributed by atoms with E-state index >= 15 is 0 Å². The highest BCUT2D eigenvalue weighted by Crippen LogP contribution is 2.22. The maximum atomic E-state index is 9.43. The van der Waals surface area contributed by atoms with Crippen LogP contribution < -0.4 is 0 Å². The van der Waals surface area contributed by atoms with Crippen molar-refractivity contribution in [3.05, 3.63) is 101 Å². The molecule has 2 heterocycles. The monoisotopic (exact) mass is 440 g/mol. The van der Waals surface area contributed by atoms with Gasteiger partial charge < -0.3 is 15.3 Å². The molecule has 5 aromatic rings. The van der Waals surface area contributed by atoms with Crippen LogP contribution in [0.25, 0.3) is 21.8 Å². The number of fused-ring (bicyclic) bond motifs is 2. The number of aromatic nitrogens is 2. The Bertz CT molecular complexity index is 1260. The van der Waals surface area contributed by atoms with Crippen LogP contribution in [0.1, 0.15) is 22.5 Å². The second kappa shape index (κ2) is 10.5. The zero-order valence-electron chi connectivity index (χ0n) is 19.2. The summed E-state index contributed by atoms with van der Waals surface area (Å²) in [6.07, 6.45) is 0. The highest BCUT2D eigenvalue weighted by molar-refractivity contribution is 5.84. The quantitative estimate of drug-likeness (QED) is 0.256. The van der Waals surface area contributed by atoms with Crippen LogP contribution in [-0.2, 0) is 0 Å². The molecule has 0 fully saturated rings. The van der Waals surface area contributed by atoms with Crippen molar-refractivity contribution in [2.75, 3.05) is 0 Å². The van der Waals surface area contributed by atoms with E-state index in [4.69, 9.17) is 5.11 Å². The molecule has 168 valence electrons. The minimum absolute atomic E-state index is 0.246. The molecule has 0 saturated carbocycles. The van der Waals surface area contributed by atoms with Gasteiger partial charge in [-0.1, -0.05) is 42.5 Å². The molecule has 0 bridgehead atoms. The van der Waals surface area contributed by atoms with E-state index in [1.807, 2.05) is 82.3 Å². The second-order valence-corrected chi connectivity index (χ2v) is 7.95. The molecular weight excluding hydrogens is 412 g/mol. The molecule has 2 aromatic heterocycles. The van der Waals surface area contributed by atoms with Crippen molar-refractivity contribution < 1.29 is 15.3 Å². The van der Waals surface area contributed by atoms with E-state index in [2.05, 4.69) is 9.97 Å². The number of aryl methyl sites for hydroxylation is 4. The van der Waals surface area contributed by atoms with Crippen molar-refractivity contribution in [2.24, 2.45) is 0 Å². The lowest BCUT2D eigenvalue weighted by Crippen LogP contribution is -1.82. The molecule has 0 aliphatic heterocycles. The average Bonchev–Trinajstić information content (AvgIpc) is 2.75. The van der Waals surface area contributed by atoms with Gasteiger partial charge in [-0.25, -0.2) is 9.97 Å². The average molecular weight is 441 g/mol. The Morgan fingerprint density at radius 3 is 1.33 bits per heavy atom. The number of pyridine rings is 2. The van der Waals surface area contributed by atoms with Gasteiger partial charge in [-0.15, -0.1) is 0 Å². The van der Waals surface area contributed by atoms with E-state index in [1.165, 1.54) is 0 Å². The first-order valence-electron chi connectivity index (χ1n) is 10.6. The summed E-state index contributed by atoms with van der Waals surface area (Å²) in [4.78, 5) is 8.45. The van der Waals surface area contributed by atoms with Gasteiger partial charge in [0.05, 0.1) is 0 Å².